The number of aromatic nitrogens is 2. The van der Waals surface area contributed by atoms with E-state index in [0.717, 1.165) is 30.0 Å². The summed E-state index contributed by atoms with van der Waals surface area (Å²) in [6, 6.07) is 10.1. The van der Waals surface area contributed by atoms with Gasteiger partial charge in [-0.2, -0.15) is 0 Å². The molecule has 0 aliphatic rings. The fourth-order valence-electron chi connectivity index (χ4n) is 1.45. The topological polar surface area (TPSA) is 37.8 Å². The van der Waals surface area contributed by atoms with Crippen molar-refractivity contribution in [2.24, 2.45) is 0 Å². The van der Waals surface area contributed by atoms with Crippen molar-refractivity contribution in [3.05, 3.63) is 42.7 Å². The van der Waals surface area contributed by atoms with Gasteiger partial charge in [0.1, 0.15) is 5.82 Å². The number of hydrogen-bond donors (Lipinski definition) is 1. The molecule has 0 saturated carbocycles. The van der Waals surface area contributed by atoms with Gasteiger partial charge in [0.25, 0.3) is 0 Å². The Hall–Kier alpha value is -1.90. The SMILES string of the molecule is CCCNc1cncc(-c2ccccc2)n1. The second kappa shape index (κ2) is 5.26. The largest absolute Gasteiger partial charge is 0.369 e. The van der Waals surface area contributed by atoms with Crippen molar-refractivity contribution < 1.29 is 0 Å². The molecule has 0 aliphatic carbocycles. The third-order valence-corrected chi connectivity index (χ3v) is 2.26. The maximum Gasteiger partial charge on any atom is 0.145 e. The standard InChI is InChI=1S/C13H15N3/c1-2-8-15-13-10-14-9-12(16-13)11-6-4-3-5-7-11/h3-7,9-10H,2,8H2,1H3,(H,15,16). The molecule has 16 heavy (non-hydrogen) atoms. The molecule has 3 heteroatoms. The summed E-state index contributed by atoms with van der Waals surface area (Å²) in [5, 5.41) is 3.23. The zero-order valence-corrected chi connectivity index (χ0v) is 9.35. The van der Waals surface area contributed by atoms with Gasteiger partial charge in [0.15, 0.2) is 0 Å². The third-order valence-electron chi connectivity index (χ3n) is 2.26. The fourth-order valence-corrected chi connectivity index (χ4v) is 1.45. The minimum absolute atomic E-state index is 0.836. The lowest BCUT2D eigenvalue weighted by Gasteiger charge is -2.05. The second-order valence-corrected chi connectivity index (χ2v) is 3.58. The van der Waals surface area contributed by atoms with Crippen LogP contribution in [-0.2, 0) is 0 Å². The Labute approximate surface area is 95.6 Å². The molecule has 0 aliphatic heterocycles. The van der Waals surface area contributed by atoms with Gasteiger partial charge in [0.2, 0.25) is 0 Å². The highest BCUT2D eigenvalue weighted by atomic mass is 15.0. The van der Waals surface area contributed by atoms with E-state index in [-0.39, 0.29) is 0 Å². The average Bonchev–Trinajstić information content (AvgIpc) is 2.38. The van der Waals surface area contributed by atoms with Gasteiger partial charge in [-0.15, -0.1) is 0 Å². The minimum Gasteiger partial charge on any atom is -0.369 e. The number of anilines is 1. The van der Waals surface area contributed by atoms with E-state index in [0.29, 0.717) is 0 Å². The molecule has 1 heterocycles. The van der Waals surface area contributed by atoms with Crippen molar-refractivity contribution in [2.45, 2.75) is 13.3 Å². The zero-order valence-electron chi connectivity index (χ0n) is 9.35. The first-order valence-corrected chi connectivity index (χ1v) is 5.51. The highest BCUT2D eigenvalue weighted by Crippen LogP contribution is 2.16. The van der Waals surface area contributed by atoms with Crippen molar-refractivity contribution in [1.29, 1.82) is 0 Å². The van der Waals surface area contributed by atoms with Gasteiger partial charge < -0.3 is 5.32 Å². The molecule has 0 fully saturated rings. The molecule has 2 aromatic rings. The van der Waals surface area contributed by atoms with Crippen LogP contribution in [0, 0.1) is 0 Å². The highest BCUT2D eigenvalue weighted by Gasteiger charge is 2.00. The van der Waals surface area contributed by atoms with E-state index in [4.69, 9.17) is 0 Å². The average molecular weight is 213 g/mol. The molecular weight excluding hydrogens is 198 g/mol. The molecular formula is C13H15N3. The zero-order chi connectivity index (χ0) is 11.2. The van der Waals surface area contributed by atoms with Crippen LogP contribution in [0.2, 0.25) is 0 Å². The first-order chi connectivity index (χ1) is 7.90. The predicted octanol–water partition coefficient (Wildman–Crippen LogP) is 2.97. The first kappa shape index (κ1) is 10.6. The van der Waals surface area contributed by atoms with E-state index in [1.54, 1.807) is 12.4 Å². The molecule has 0 radical (unpaired) electrons. The molecule has 1 N–H and O–H groups in total. The Morgan fingerprint density at radius 1 is 1.12 bits per heavy atom. The molecule has 0 amide bonds. The van der Waals surface area contributed by atoms with Gasteiger partial charge in [-0.05, 0) is 6.42 Å². The molecule has 0 spiro atoms. The summed E-state index contributed by atoms with van der Waals surface area (Å²) in [5.41, 5.74) is 2.00. The van der Waals surface area contributed by atoms with Crippen molar-refractivity contribution in [3.63, 3.8) is 0 Å². The van der Waals surface area contributed by atoms with Crippen molar-refractivity contribution in [2.75, 3.05) is 11.9 Å². The fraction of sp³-hybridized carbons (Fsp3) is 0.231. The molecule has 1 aromatic carbocycles. The van der Waals surface area contributed by atoms with E-state index in [2.05, 4.69) is 22.2 Å². The second-order valence-electron chi connectivity index (χ2n) is 3.58. The monoisotopic (exact) mass is 213 g/mol. The number of nitrogens with zero attached hydrogens (tertiary/aromatic N) is 2. The Balaban J connectivity index is 2.22. The van der Waals surface area contributed by atoms with Crippen LogP contribution in [0.4, 0.5) is 5.82 Å². The van der Waals surface area contributed by atoms with Gasteiger partial charge in [-0.1, -0.05) is 37.3 Å². The maximum atomic E-state index is 4.51. The summed E-state index contributed by atoms with van der Waals surface area (Å²) in [5.74, 6) is 0.836. The van der Waals surface area contributed by atoms with Crippen molar-refractivity contribution >= 4 is 5.82 Å². The lowest BCUT2D eigenvalue weighted by atomic mass is 10.2. The van der Waals surface area contributed by atoms with Crippen LogP contribution in [0.1, 0.15) is 13.3 Å². The lowest BCUT2D eigenvalue weighted by molar-refractivity contribution is 0.965. The summed E-state index contributed by atoms with van der Waals surface area (Å²) in [6.07, 6.45) is 4.62. The highest BCUT2D eigenvalue weighted by molar-refractivity contribution is 5.59. The molecule has 0 saturated heterocycles. The number of rotatable bonds is 4. The van der Waals surface area contributed by atoms with Gasteiger partial charge in [0, 0.05) is 12.1 Å². The number of hydrogen-bond acceptors (Lipinski definition) is 3. The van der Waals surface area contributed by atoms with Crippen LogP contribution in [0.25, 0.3) is 11.3 Å². The van der Waals surface area contributed by atoms with Gasteiger partial charge in [-0.25, -0.2) is 4.98 Å². The molecule has 0 bridgehead atoms. The molecule has 0 unspecified atom stereocenters. The van der Waals surface area contributed by atoms with Crippen LogP contribution in [-0.4, -0.2) is 16.5 Å². The number of nitrogens with one attached hydrogen (secondary N) is 1. The molecule has 3 nitrogen and oxygen atoms in total. The van der Waals surface area contributed by atoms with E-state index in [1.165, 1.54) is 0 Å². The molecule has 2 rings (SSSR count). The van der Waals surface area contributed by atoms with E-state index < -0.39 is 0 Å². The first-order valence-electron chi connectivity index (χ1n) is 5.51. The van der Waals surface area contributed by atoms with Crippen LogP contribution in [0.5, 0.6) is 0 Å². The Morgan fingerprint density at radius 2 is 1.94 bits per heavy atom. The Morgan fingerprint density at radius 3 is 2.69 bits per heavy atom. The smallest absolute Gasteiger partial charge is 0.145 e. The van der Waals surface area contributed by atoms with Crippen molar-refractivity contribution in [3.8, 4) is 11.3 Å². The molecule has 82 valence electrons. The van der Waals surface area contributed by atoms with Crippen molar-refractivity contribution in [1.82, 2.24) is 9.97 Å². The van der Waals surface area contributed by atoms with Crippen LogP contribution in [0.15, 0.2) is 42.7 Å². The van der Waals surface area contributed by atoms with Crippen LogP contribution in [0.3, 0.4) is 0 Å². The van der Waals surface area contributed by atoms with Crippen LogP contribution >= 0.6 is 0 Å². The summed E-state index contributed by atoms with van der Waals surface area (Å²) in [6.45, 7) is 3.05. The van der Waals surface area contributed by atoms with Crippen LogP contribution < -0.4 is 5.32 Å². The quantitative estimate of drug-likeness (QED) is 0.848. The van der Waals surface area contributed by atoms with E-state index >= 15 is 0 Å². The van der Waals surface area contributed by atoms with Gasteiger partial charge in [0.05, 0.1) is 18.1 Å². The maximum absolute atomic E-state index is 4.51. The summed E-state index contributed by atoms with van der Waals surface area (Å²) in [4.78, 5) is 8.70. The minimum atomic E-state index is 0.836. The summed E-state index contributed by atoms with van der Waals surface area (Å²) >= 11 is 0. The van der Waals surface area contributed by atoms with E-state index in [9.17, 15) is 0 Å². The third kappa shape index (κ3) is 2.57. The normalized spacial score (nSPS) is 10.1. The Kier molecular flexibility index (Phi) is 3.49. The number of benzene rings is 1. The molecule has 1 aromatic heterocycles. The predicted molar refractivity (Wildman–Crippen MR) is 66.2 cm³/mol. The summed E-state index contributed by atoms with van der Waals surface area (Å²) in [7, 11) is 0. The summed E-state index contributed by atoms with van der Waals surface area (Å²) < 4.78 is 0. The lowest BCUT2D eigenvalue weighted by Crippen LogP contribution is -2.02. The van der Waals surface area contributed by atoms with Gasteiger partial charge in [-0.3, -0.25) is 4.98 Å². The van der Waals surface area contributed by atoms with E-state index in [1.807, 2.05) is 30.3 Å². The Bertz CT molecular complexity index is 440. The molecule has 0 atom stereocenters. The van der Waals surface area contributed by atoms with Gasteiger partial charge >= 0.3 is 0 Å².